The lowest BCUT2D eigenvalue weighted by atomic mass is 9.32. The molecule has 0 bridgehead atoms. The highest BCUT2D eigenvalue weighted by atomic mass is 16.3. The van der Waals surface area contributed by atoms with Gasteiger partial charge >= 0.3 is 0 Å². The van der Waals surface area contributed by atoms with Crippen molar-refractivity contribution < 1.29 is 10.2 Å². The van der Waals surface area contributed by atoms with Gasteiger partial charge in [0.2, 0.25) is 0 Å². The first-order valence-electron chi connectivity index (χ1n) is 13.7. The van der Waals surface area contributed by atoms with E-state index in [0.717, 1.165) is 19.3 Å². The second kappa shape index (κ2) is 6.87. The molecule has 182 valence electrons. The third-order valence-electron chi connectivity index (χ3n) is 13.4. The molecule has 0 aromatic heterocycles. The Labute approximate surface area is 197 Å². The SMILES string of the molecule is C=C(C)[C@@H]1CC[C@]2(C)CC[C@]3(C)[C@H](C[C@@H](O)[C@@H]4[C@@]5(C)CC[C@H](O)C(C)(C)[C@@H]5CC[C@]43C)[C@H]12. The number of aliphatic hydroxyl groups is 2. The number of fused-ring (bicyclic) bond motifs is 7. The molecule has 32 heavy (non-hydrogen) atoms. The minimum atomic E-state index is -0.217. The zero-order chi connectivity index (χ0) is 23.5. The van der Waals surface area contributed by atoms with Gasteiger partial charge in [-0.05, 0) is 121 Å². The van der Waals surface area contributed by atoms with E-state index >= 15 is 0 Å². The standard InChI is InChI=1S/C30H50O2/c1-18(2)19-9-12-27(5)15-16-29(7)20(24(19)27)17-21(31)25-28(6)13-11-23(32)26(3,4)22(28)10-14-30(25,29)8/h19-25,31-32H,1,9-17H2,2-8H3/t19-,20+,21+,22-,23-,24-,25+,27+,28-,29+,30+/m0/s1. The zero-order valence-corrected chi connectivity index (χ0v) is 22.0. The molecule has 2 heteroatoms. The first-order chi connectivity index (χ1) is 14.7. The average Bonchev–Trinajstić information content (AvgIpc) is 3.05. The van der Waals surface area contributed by atoms with E-state index in [0.29, 0.717) is 35.0 Å². The number of allylic oxidation sites excluding steroid dienone is 1. The maximum atomic E-state index is 12.0. The van der Waals surface area contributed by atoms with Crippen molar-refractivity contribution in [2.75, 3.05) is 0 Å². The van der Waals surface area contributed by atoms with Gasteiger partial charge in [-0.3, -0.25) is 0 Å². The molecular formula is C30H50O2. The van der Waals surface area contributed by atoms with E-state index in [1.807, 2.05) is 0 Å². The summed E-state index contributed by atoms with van der Waals surface area (Å²) in [5.74, 6) is 2.75. The summed E-state index contributed by atoms with van der Waals surface area (Å²) >= 11 is 0. The van der Waals surface area contributed by atoms with Gasteiger partial charge in [0.05, 0.1) is 12.2 Å². The normalized spacial score (nSPS) is 58.8. The molecule has 5 rings (SSSR count). The van der Waals surface area contributed by atoms with E-state index in [1.165, 1.54) is 44.1 Å². The Morgan fingerprint density at radius 3 is 2.16 bits per heavy atom. The molecule has 5 aliphatic carbocycles. The van der Waals surface area contributed by atoms with Gasteiger partial charge in [0.1, 0.15) is 0 Å². The van der Waals surface area contributed by atoms with Crippen LogP contribution < -0.4 is 0 Å². The van der Waals surface area contributed by atoms with Gasteiger partial charge in [-0.2, -0.15) is 0 Å². The predicted molar refractivity (Wildman–Crippen MR) is 132 cm³/mol. The molecule has 2 nitrogen and oxygen atoms in total. The highest BCUT2D eigenvalue weighted by molar-refractivity contribution is 5.22. The van der Waals surface area contributed by atoms with Crippen LogP contribution in [0.1, 0.15) is 106 Å². The minimum absolute atomic E-state index is 0.0621. The lowest BCUT2D eigenvalue weighted by molar-refractivity contribution is -0.275. The first-order valence-corrected chi connectivity index (χ1v) is 13.7. The molecule has 0 unspecified atom stereocenters. The fourth-order valence-corrected chi connectivity index (χ4v) is 11.5. The Morgan fingerprint density at radius 2 is 1.50 bits per heavy atom. The summed E-state index contributed by atoms with van der Waals surface area (Å²) in [7, 11) is 0. The number of hydrogen-bond donors (Lipinski definition) is 2. The van der Waals surface area contributed by atoms with Crippen LogP contribution in [0.15, 0.2) is 12.2 Å². The summed E-state index contributed by atoms with van der Waals surface area (Å²) in [6.45, 7) is 21.6. The second-order valence-corrected chi connectivity index (χ2v) is 14.9. The van der Waals surface area contributed by atoms with Crippen LogP contribution >= 0.6 is 0 Å². The molecule has 0 amide bonds. The van der Waals surface area contributed by atoms with E-state index < -0.39 is 0 Å². The second-order valence-electron chi connectivity index (χ2n) is 14.9. The number of rotatable bonds is 1. The van der Waals surface area contributed by atoms with Gasteiger partial charge in [-0.15, -0.1) is 0 Å². The third kappa shape index (κ3) is 2.66. The summed E-state index contributed by atoms with van der Waals surface area (Å²) in [6.07, 6.45) is 10.2. The first kappa shape index (κ1) is 23.4. The minimum Gasteiger partial charge on any atom is -0.393 e. The molecule has 0 spiro atoms. The van der Waals surface area contributed by atoms with Gasteiger partial charge in [0, 0.05) is 0 Å². The number of hydrogen-bond acceptors (Lipinski definition) is 2. The summed E-state index contributed by atoms with van der Waals surface area (Å²) in [5.41, 5.74) is 2.31. The van der Waals surface area contributed by atoms with Crippen molar-refractivity contribution in [2.24, 2.45) is 56.7 Å². The van der Waals surface area contributed by atoms with Crippen LogP contribution in [0.3, 0.4) is 0 Å². The molecule has 0 aromatic carbocycles. The van der Waals surface area contributed by atoms with Gasteiger partial charge in [-0.25, -0.2) is 0 Å². The predicted octanol–water partition coefficient (Wildman–Crippen LogP) is 7.00. The Bertz CT molecular complexity index is 801. The molecule has 2 N–H and O–H groups in total. The topological polar surface area (TPSA) is 40.5 Å². The summed E-state index contributed by atoms with van der Waals surface area (Å²) in [5, 5.41) is 22.9. The fraction of sp³-hybridized carbons (Fsp3) is 0.933. The van der Waals surface area contributed by atoms with Crippen molar-refractivity contribution in [3.63, 3.8) is 0 Å². The average molecular weight is 443 g/mol. The van der Waals surface area contributed by atoms with Crippen molar-refractivity contribution in [1.29, 1.82) is 0 Å². The van der Waals surface area contributed by atoms with Crippen LogP contribution in [0, 0.1) is 56.7 Å². The molecule has 0 aliphatic heterocycles. The third-order valence-corrected chi connectivity index (χ3v) is 13.4. The molecule has 11 atom stereocenters. The number of aliphatic hydroxyl groups excluding tert-OH is 2. The van der Waals surface area contributed by atoms with Crippen molar-refractivity contribution >= 4 is 0 Å². The van der Waals surface area contributed by atoms with Gasteiger partial charge in [-0.1, -0.05) is 53.7 Å². The van der Waals surface area contributed by atoms with Crippen LogP contribution in [-0.2, 0) is 0 Å². The largest absolute Gasteiger partial charge is 0.393 e. The van der Waals surface area contributed by atoms with E-state index in [1.54, 1.807) is 0 Å². The van der Waals surface area contributed by atoms with E-state index in [9.17, 15) is 10.2 Å². The van der Waals surface area contributed by atoms with Crippen molar-refractivity contribution in [1.82, 2.24) is 0 Å². The van der Waals surface area contributed by atoms with E-state index in [-0.39, 0.29) is 33.9 Å². The molecule has 0 saturated heterocycles. The lowest BCUT2D eigenvalue weighted by Crippen LogP contribution is -2.69. The van der Waals surface area contributed by atoms with Gasteiger partial charge in [0.25, 0.3) is 0 Å². The summed E-state index contributed by atoms with van der Waals surface area (Å²) in [6, 6.07) is 0. The van der Waals surface area contributed by atoms with Gasteiger partial charge < -0.3 is 10.2 Å². The molecule has 0 aromatic rings. The Morgan fingerprint density at radius 1 is 0.812 bits per heavy atom. The van der Waals surface area contributed by atoms with E-state index in [4.69, 9.17) is 0 Å². The quantitative estimate of drug-likeness (QED) is 0.429. The Hall–Kier alpha value is -0.340. The van der Waals surface area contributed by atoms with E-state index in [2.05, 4.69) is 55.0 Å². The Kier molecular flexibility index (Phi) is 5.02. The van der Waals surface area contributed by atoms with Crippen molar-refractivity contribution in [3.8, 4) is 0 Å². The van der Waals surface area contributed by atoms with Crippen LogP contribution in [0.4, 0.5) is 0 Å². The molecule has 5 fully saturated rings. The van der Waals surface area contributed by atoms with Crippen molar-refractivity contribution in [3.05, 3.63) is 12.2 Å². The van der Waals surface area contributed by atoms with Crippen LogP contribution in [0.25, 0.3) is 0 Å². The van der Waals surface area contributed by atoms with Crippen LogP contribution in [0.2, 0.25) is 0 Å². The monoisotopic (exact) mass is 442 g/mol. The molecular weight excluding hydrogens is 392 g/mol. The highest BCUT2D eigenvalue weighted by Crippen LogP contribution is 2.77. The maximum Gasteiger partial charge on any atom is 0.0594 e. The van der Waals surface area contributed by atoms with Crippen molar-refractivity contribution in [2.45, 2.75) is 118 Å². The van der Waals surface area contributed by atoms with Crippen LogP contribution in [-0.4, -0.2) is 22.4 Å². The highest BCUT2D eigenvalue weighted by Gasteiger charge is 2.72. The fourth-order valence-electron chi connectivity index (χ4n) is 11.5. The molecule has 5 saturated carbocycles. The lowest BCUT2D eigenvalue weighted by Gasteiger charge is -2.73. The summed E-state index contributed by atoms with van der Waals surface area (Å²) in [4.78, 5) is 0. The Balaban J connectivity index is 1.59. The molecule has 5 aliphatic rings. The molecule has 0 heterocycles. The van der Waals surface area contributed by atoms with Crippen LogP contribution in [0.5, 0.6) is 0 Å². The van der Waals surface area contributed by atoms with Gasteiger partial charge in [0.15, 0.2) is 0 Å². The molecule has 0 radical (unpaired) electrons. The smallest absolute Gasteiger partial charge is 0.0594 e. The zero-order valence-electron chi connectivity index (χ0n) is 22.0. The summed E-state index contributed by atoms with van der Waals surface area (Å²) < 4.78 is 0. The maximum absolute atomic E-state index is 12.0.